The maximum Gasteiger partial charge on any atom is 0.138 e. The second-order valence-corrected chi connectivity index (χ2v) is 5.06. The summed E-state index contributed by atoms with van der Waals surface area (Å²) in [6.45, 7) is 4.11. The number of para-hydroxylation sites is 1. The Bertz CT molecular complexity index is 673. The fourth-order valence-electron chi connectivity index (χ4n) is 1.99. The van der Waals surface area contributed by atoms with E-state index in [1.54, 1.807) is 6.07 Å². The van der Waals surface area contributed by atoms with Gasteiger partial charge < -0.3 is 10.2 Å². The van der Waals surface area contributed by atoms with Crippen molar-refractivity contribution in [3.63, 3.8) is 0 Å². The zero-order valence-corrected chi connectivity index (χ0v) is 12.8. The van der Waals surface area contributed by atoms with Crippen molar-refractivity contribution in [2.75, 3.05) is 24.3 Å². The summed E-state index contributed by atoms with van der Waals surface area (Å²) < 4.78 is 0. The molecule has 0 spiro atoms. The van der Waals surface area contributed by atoms with Gasteiger partial charge in [-0.3, -0.25) is 0 Å². The predicted octanol–water partition coefficient (Wildman–Crippen LogP) is 3.28. The lowest BCUT2D eigenvalue weighted by Gasteiger charge is -2.21. The van der Waals surface area contributed by atoms with Gasteiger partial charge in [0.15, 0.2) is 0 Å². The zero-order valence-electron chi connectivity index (χ0n) is 12.8. The second-order valence-electron chi connectivity index (χ2n) is 5.06. The van der Waals surface area contributed by atoms with Crippen molar-refractivity contribution < 1.29 is 0 Å². The molecule has 5 nitrogen and oxygen atoms in total. The highest BCUT2D eigenvalue weighted by Crippen LogP contribution is 2.27. The molecule has 2 rings (SSSR count). The monoisotopic (exact) mass is 281 g/mol. The zero-order chi connectivity index (χ0) is 15.4. The van der Waals surface area contributed by atoms with Crippen molar-refractivity contribution in [1.29, 1.82) is 5.26 Å². The first kappa shape index (κ1) is 14.8. The van der Waals surface area contributed by atoms with Crippen LogP contribution in [0.2, 0.25) is 0 Å². The first-order chi connectivity index (χ1) is 10.1. The third-order valence-corrected chi connectivity index (χ3v) is 3.23. The van der Waals surface area contributed by atoms with Gasteiger partial charge in [0.1, 0.15) is 23.5 Å². The molecule has 0 unspecified atom stereocenters. The molecule has 0 saturated carbocycles. The molecule has 0 fully saturated rings. The van der Waals surface area contributed by atoms with Crippen LogP contribution in [0.1, 0.15) is 31.2 Å². The largest absolute Gasteiger partial charge is 0.373 e. The lowest BCUT2D eigenvalue weighted by molar-refractivity contribution is 0.773. The van der Waals surface area contributed by atoms with E-state index in [9.17, 15) is 5.26 Å². The van der Waals surface area contributed by atoms with Crippen molar-refractivity contribution in [2.24, 2.45) is 0 Å². The Morgan fingerprint density at radius 1 is 1.24 bits per heavy atom. The smallest absolute Gasteiger partial charge is 0.138 e. The number of hydrogen-bond donors (Lipinski definition) is 1. The summed E-state index contributed by atoms with van der Waals surface area (Å²) >= 11 is 0. The van der Waals surface area contributed by atoms with Gasteiger partial charge in [0.2, 0.25) is 0 Å². The van der Waals surface area contributed by atoms with Crippen molar-refractivity contribution in [2.45, 2.75) is 19.8 Å². The number of rotatable bonds is 4. The molecule has 0 atom stereocenters. The van der Waals surface area contributed by atoms with E-state index in [1.165, 1.54) is 0 Å². The molecule has 2 aromatic rings. The molecule has 0 saturated heterocycles. The van der Waals surface area contributed by atoms with Gasteiger partial charge in [0.25, 0.3) is 0 Å². The van der Waals surface area contributed by atoms with E-state index >= 15 is 0 Å². The third kappa shape index (κ3) is 3.11. The highest BCUT2D eigenvalue weighted by Gasteiger charge is 2.14. The Morgan fingerprint density at radius 3 is 2.57 bits per heavy atom. The Morgan fingerprint density at radius 2 is 1.95 bits per heavy atom. The Balaban J connectivity index is 2.50. The predicted molar refractivity (Wildman–Crippen MR) is 84.9 cm³/mol. The number of aromatic nitrogens is 2. The van der Waals surface area contributed by atoms with Crippen molar-refractivity contribution in [3.8, 4) is 6.07 Å². The number of anilines is 3. The quantitative estimate of drug-likeness (QED) is 0.931. The number of nitriles is 1. The lowest BCUT2D eigenvalue weighted by atomic mass is 10.1. The highest BCUT2D eigenvalue weighted by atomic mass is 15.2. The topological polar surface area (TPSA) is 64.8 Å². The van der Waals surface area contributed by atoms with Crippen molar-refractivity contribution in [3.05, 3.63) is 41.7 Å². The summed E-state index contributed by atoms with van der Waals surface area (Å²) in [5.74, 6) is 2.54. The van der Waals surface area contributed by atoms with E-state index in [2.05, 4.69) is 35.2 Å². The summed E-state index contributed by atoms with van der Waals surface area (Å²) in [5.41, 5.74) is 1.45. The minimum Gasteiger partial charge on any atom is -0.373 e. The number of nitrogens with one attached hydrogen (secondary N) is 1. The van der Waals surface area contributed by atoms with Crippen molar-refractivity contribution >= 4 is 17.3 Å². The summed E-state index contributed by atoms with van der Waals surface area (Å²) in [5, 5.41) is 12.3. The van der Waals surface area contributed by atoms with Gasteiger partial charge in [0.05, 0.1) is 11.3 Å². The van der Waals surface area contributed by atoms with Crippen LogP contribution in [0, 0.1) is 11.3 Å². The Labute approximate surface area is 125 Å². The van der Waals surface area contributed by atoms with Crippen LogP contribution in [0.5, 0.6) is 0 Å². The van der Waals surface area contributed by atoms with E-state index < -0.39 is 0 Å². The number of nitrogens with zero attached hydrogens (tertiary/aromatic N) is 4. The van der Waals surface area contributed by atoms with E-state index in [0.29, 0.717) is 5.56 Å². The molecular weight excluding hydrogens is 262 g/mol. The van der Waals surface area contributed by atoms with Gasteiger partial charge in [-0.15, -0.1) is 0 Å². The van der Waals surface area contributed by atoms with E-state index in [-0.39, 0.29) is 5.92 Å². The molecule has 0 bridgehead atoms. The molecule has 5 heteroatoms. The summed E-state index contributed by atoms with van der Waals surface area (Å²) in [6, 6.07) is 11.6. The highest BCUT2D eigenvalue weighted by molar-refractivity contribution is 5.67. The molecule has 1 N–H and O–H groups in total. The van der Waals surface area contributed by atoms with Crippen LogP contribution in [0.25, 0.3) is 0 Å². The average Bonchev–Trinajstić information content (AvgIpc) is 2.53. The Hall–Kier alpha value is -2.61. The second kappa shape index (κ2) is 6.23. The standard InChI is InChI=1S/C16H19N5/c1-11(2)16-19-14(18-3)9-15(20-16)21(4)13-8-6-5-7-12(13)10-17/h5-9,11H,1-4H3,(H,18,19,20). The van der Waals surface area contributed by atoms with E-state index in [4.69, 9.17) is 0 Å². The SMILES string of the molecule is CNc1cc(N(C)c2ccccc2C#N)nc(C(C)C)n1. The molecule has 1 heterocycles. The van der Waals surface area contributed by atoms with Gasteiger partial charge in [-0.2, -0.15) is 5.26 Å². The number of hydrogen-bond acceptors (Lipinski definition) is 5. The molecule has 0 radical (unpaired) electrons. The summed E-state index contributed by atoms with van der Waals surface area (Å²) in [7, 11) is 3.74. The van der Waals surface area contributed by atoms with Crippen LogP contribution in [-0.2, 0) is 0 Å². The fourth-order valence-corrected chi connectivity index (χ4v) is 1.99. The van der Waals surface area contributed by atoms with Crippen LogP contribution in [0.15, 0.2) is 30.3 Å². The fraction of sp³-hybridized carbons (Fsp3) is 0.312. The summed E-state index contributed by atoms with van der Waals surface area (Å²) in [4.78, 5) is 11.0. The molecule has 0 aliphatic rings. The normalized spacial score (nSPS) is 10.3. The van der Waals surface area contributed by atoms with Crippen LogP contribution < -0.4 is 10.2 Å². The average molecular weight is 281 g/mol. The molecule has 1 aromatic heterocycles. The van der Waals surface area contributed by atoms with Gasteiger partial charge in [-0.05, 0) is 12.1 Å². The minimum atomic E-state index is 0.233. The third-order valence-electron chi connectivity index (χ3n) is 3.23. The first-order valence-electron chi connectivity index (χ1n) is 6.86. The lowest BCUT2D eigenvalue weighted by Crippen LogP contribution is -2.15. The van der Waals surface area contributed by atoms with Crippen LogP contribution >= 0.6 is 0 Å². The molecule has 0 aliphatic carbocycles. The molecule has 0 aliphatic heterocycles. The van der Waals surface area contributed by atoms with E-state index in [1.807, 2.05) is 43.3 Å². The molecular formula is C16H19N5. The molecule has 0 amide bonds. The van der Waals surface area contributed by atoms with Gasteiger partial charge >= 0.3 is 0 Å². The van der Waals surface area contributed by atoms with Gasteiger partial charge in [-0.1, -0.05) is 26.0 Å². The maximum atomic E-state index is 9.24. The molecule has 21 heavy (non-hydrogen) atoms. The van der Waals surface area contributed by atoms with Gasteiger partial charge in [0, 0.05) is 26.1 Å². The van der Waals surface area contributed by atoms with Gasteiger partial charge in [-0.25, -0.2) is 9.97 Å². The van der Waals surface area contributed by atoms with Crippen LogP contribution in [0.4, 0.5) is 17.3 Å². The number of benzene rings is 1. The van der Waals surface area contributed by atoms with Crippen LogP contribution in [-0.4, -0.2) is 24.1 Å². The van der Waals surface area contributed by atoms with E-state index in [0.717, 1.165) is 23.1 Å². The molecule has 1 aromatic carbocycles. The van der Waals surface area contributed by atoms with Crippen molar-refractivity contribution in [1.82, 2.24) is 9.97 Å². The molecule has 108 valence electrons. The minimum absolute atomic E-state index is 0.233. The first-order valence-corrected chi connectivity index (χ1v) is 6.86. The Kier molecular flexibility index (Phi) is 4.39. The maximum absolute atomic E-state index is 9.24. The summed E-state index contributed by atoms with van der Waals surface area (Å²) in [6.07, 6.45) is 0. The van der Waals surface area contributed by atoms with Crippen LogP contribution in [0.3, 0.4) is 0 Å².